The molecule has 5 nitrogen and oxygen atoms in total. The topological polar surface area (TPSA) is 77.1 Å². The summed E-state index contributed by atoms with van der Waals surface area (Å²) in [5.41, 5.74) is 9.86. The molecular formula is C15H19BN2O3. The zero-order chi connectivity index (χ0) is 14.8. The van der Waals surface area contributed by atoms with E-state index in [0.717, 1.165) is 42.4 Å². The van der Waals surface area contributed by atoms with Gasteiger partial charge in [-0.2, -0.15) is 0 Å². The van der Waals surface area contributed by atoms with Gasteiger partial charge in [0.2, 0.25) is 0 Å². The minimum Gasteiger partial charge on any atom is -0.409 e. The smallest absolute Gasteiger partial charge is 0.184 e. The van der Waals surface area contributed by atoms with Gasteiger partial charge in [-0.3, -0.25) is 0 Å². The Balaban J connectivity index is 2.10. The Morgan fingerprint density at radius 1 is 1.29 bits per heavy atom. The molecule has 2 radical (unpaired) electrons. The number of hydrogen-bond donors (Lipinski definition) is 2. The van der Waals surface area contributed by atoms with Crippen LogP contribution >= 0.6 is 0 Å². The molecule has 1 heterocycles. The Morgan fingerprint density at radius 2 is 2.05 bits per heavy atom. The van der Waals surface area contributed by atoms with Crippen LogP contribution in [0.1, 0.15) is 41.4 Å². The third-order valence-corrected chi connectivity index (χ3v) is 4.19. The molecule has 3 rings (SSSR count). The largest absolute Gasteiger partial charge is 0.409 e. The van der Waals surface area contributed by atoms with Crippen LogP contribution in [-0.2, 0) is 22.3 Å². The van der Waals surface area contributed by atoms with E-state index in [0.29, 0.717) is 13.2 Å². The van der Waals surface area contributed by atoms with Crippen LogP contribution in [0.4, 0.5) is 0 Å². The molecule has 1 aliphatic heterocycles. The molecule has 0 amide bonds. The average Bonchev–Trinajstić information content (AvgIpc) is 2.94. The summed E-state index contributed by atoms with van der Waals surface area (Å²) in [6.45, 7) is 1.22. The van der Waals surface area contributed by atoms with Crippen molar-refractivity contribution in [2.75, 3.05) is 13.2 Å². The Kier molecular flexibility index (Phi) is 4.17. The number of hydrogen-bond acceptors (Lipinski definition) is 4. The molecule has 1 atom stereocenters. The first kappa shape index (κ1) is 14.4. The van der Waals surface area contributed by atoms with Gasteiger partial charge in [0.1, 0.15) is 0 Å². The second kappa shape index (κ2) is 6.07. The summed E-state index contributed by atoms with van der Waals surface area (Å²) in [7, 11) is 6.16. The Morgan fingerprint density at radius 3 is 2.76 bits per heavy atom. The summed E-state index contributed by atoms with van der Waals surface area (Å²) in [6, 6.07) is 3.82. The Bertz CT molecular complexity index is 556. The van der Waals surface area contributed by atoms with Crippen LogP contribution in [0, 0.1) is 0 Å². The summed E-state index contributed by atoms with van der Waals surface area (Å²) in [5, 5.41) is 12.1. The zero-order valence-corrected chi connectivity index (χ0v) is 11.9. The molecule has 0 saturated carbocycles. The van der Waals surface area contributed by atoms with Crippen molar-refractivity contribution in [3.8, 4) is 0 Å². The highest BCUT2D eigenvalue weighted by Crippen LogP contribution is 2.35. The summed E-state index contributed by atoms with van der Waals surface area (Å²) in [6.07, 6.45) is 3.31. The summed E-state index contributed by atoms with van der Waals surface area (Å²) >= 11 is 0. The van der Waals surface area contributed by atoms with Gasteiger partial charge in [0, 0.05) is 11.1 Å². The van der Waals surface area contributed by atoms with Crippen molar-refractivity contribution in [1.29, 1.82) is 0 Å². The second-order valence-electron chi connectivity index (χ2n) is 5.57. The number of nitrogens with two attached hydrogens (primary N) is 1. The van der Waals surface area contributed by atoms with E-state index in [1.54, 1.807) is 0 Å². The third kappa shape index (κ3) is 2.78. The number of benzene rings is 1. The Labute approximate surface area is 125 Å². The van der Waals surface area contributed by atoms with E-state index in [-0.39, 0.29) is 17.9 Å². The molecule has 0 bridgehead atoms. The first-order valence-electron chi connectivity index (χ1n) is 7.32. The molecule has 0 spiro atoms. The minimum atomic E-state index is -0.311. The van der Waals surface area contributed by atoms with Gasteiger partial charge in [0.25, 0.3) is 0 Å². The first-order chi connectivity index (χ1) is 10.2. The molecule has 3 N–H and O–H groups in total. The molecule has 1 unspecified atom stereocenters. The van der Waals surface area contributed by atoms with Crippen LogP contribution < -0.4 is 5.73 Å². The fourth-order valence-electron chi connectivity index (χ4n) is 3.20. The van der Waals surface area contributed by atoms with Crippen molar-refractivity contribution in [2.24, 2.45) is 10.9 Å². The number of nitrogens with zero attached hydrogens (tertiary/aromatic N) is 1. The number of oxime groups is 1. The molecule has 1 aromatic rings. The molecule has 1 aliphatic carbocycles. The monoisotopic (exact) mass is 286 g/mol. The lowest BCUT2D eigenvalue weighted by molar-refractivity contribution is -0.0447. The van der Waals surface area contributed by atoms with Crippen molar-refractivity contribution in [2.45, 2.75) is 37.8 Å². The van der Waals surface area contributed by atoms with Crippen LogP contribution in [0.5, 0.6) is 0 Å². The lowest BCUT2D eigenvalue weighted by Crippen LogP contribution is -2.18. The van der Waals surface area contributed by atoms with Gasteiger partial charge < -0.3 is 20.4 Å². The average molecular weight is 286 g/mol. The van der Waals surface area contributed by atoms with E-state index in [1.807, 2.05) is 12.1 Å². The number of amidine groups is 1. The fourth-order valence-corrected chi connectivity index (χ4v) is 3.20. The van der Waals surface area contributed by atoms with Crippen molar-refractivity contribution >= 4 is 13.7 Å². The lowest BCUT2D eigenvalue weighted by atomic mass is 9.79. The van der Waals surface area contributed by atoms with Crippen LogP contribution in [0.25, 0.3) is 0 Å². The minimum absolute atomic E-state index is 0.0946. The van der Waals surface area contributed by atoms with E-state index in [2.05, 4.69) is 5.16 Å². The predicted octanol–water partition coefficient (Wildman–Crippen LogP) is 1.66. The van der Waals surface area contributed by atoms with E-state index >= 15 is 0 Å². The van der Waals surface area contributed by atoms with Crippen molar-refractivity contribution < 1.29 is 14.7 Å². The molecule has 1 aromatic carbocycles. The molecule has 6 heteroatoms. The maximum Gasteiger partial charge on any atom is 0.184 e. The van der Waals surface area contributed by atoms with Crippen molar-refractivity contribution in [3.05, 3.63) is 34.4 Å². The van der Waals surface area contributed by atoms with Gasteiger partial charge in [-0.05, 0) is 30.4 Å². The standard InChI is InChI=1S/C15H19BN2O3/c16-9-2-1-3-10-12(15-20-6-7-21-15)5-4-11(13(10)8-9)14(17)18-19/h4-5,9,15,19H,1-3,6-8H2,(H2,17,18). The van der Waals surface area contributed by atoms with Crippen molar-refractivity contribution in [3.63, 3.8) is 0 Å². The molecule has 1 saturated heterocycles. The molecule has 0 aromatic heterocycles. The SMILES string of the molecule is [B]C1CCCc2c(C3OCCO3)ccc(/C(N)=N/O)c2C1. The third-order valence-electron chi connectivity index (χ3n) is 4.19. The van der Waals surface area contributed by atoms with Crippen LogP contribution in [0.15, 0.2) is 17.3 Å². The molecule has 110 valence electrons. The summed E-state index contributed by atoms with van der Waals surface area (Å²) in [5.74, 6) is 0.220. The number of fused-ring (bicyclic) bond motifs is 1. The van der Waals surface area contributed by atoms with E-state index < -0.39 is 0 Å². The van der Waals surface area contributed by atoms with E-state index in [1.165, 1.54) is 5.56 Å². The Hall–Kier alpha value is -1.53. The summed E-state index contributed by atoms with van der Waals surface area (Å²) in [4.78, 5) is 0. The normalized spacial score (nSPS) is 23.8. The van der Waals surface area contributed by atoms with Crippen LogP contribution in [0.2, 0.25) is 5.82 Å². The van der Waals surface area contributed by atoms with Crippen molar-refractivity contribution in [1.82, 2.24) is 0 Å². The van der Waals surface area contributed by atoms with Crippen LogP contribution in [0.3, 0.4) is 0 Å². The maximum absolute atomic E-state index is 8.99. The molecule has 2 aliphatic rings. The van der Waals surface area contributed by atoms with Gasteiger partial charge in [-0.1, -0.05) is 29.5 Å². The fraction of sp³-hybridized carbons (Fsp3) is 0.533. The van der Waals surface area contributed by atoms with E-state index in [4.69, 9.17) is 28.3 Å². The number of ether oxygens (including phenoxy) is 2. The van der Waals surface area contributed by atoms with Gasteiger partial charge in [-0.25, -0.2) is 0 Å². The van der Waals surface area contributed by atoms with Gasteiger partial charge >= 0.3 is 0 Å². The maximum atomic E-state index is 8.99. The lowest BCUT2D eigenvalue weighted by Gasteiger charge is -2.20. The highest BCUT2D eigenvalue weighted by atomic mass is 16.7. The highest BCUT2D eigenvalue weighted by Gasteiger charge is 2.26. The molecule has 1 fully saturated rings. The second-order valence-corrected chi connectivity index (χ2v) is 5.57. The van der Waals surface area contributed by atoms with Gasteiger partial charge in [-0.15, -0.1) is 0 Å². The number of rotatable bonds is 2. The van der Waals surface area contributed by atoms with Gasteiger partial charge in [0.05, 0.1) is 21.1 Å². The van der Waals surface area contributed by atoms with E-state index in [9.17, 15) is 0 Å². The highest BCUT2D eigenvalue weighted by molar-refractivity contribution is 6.12. The predicted molar refractivity (Wildman–Crippen MR) is 79.7 cm³/mol. The quantitative estimate of drug-likeness (QED) is 0.216. The van der Waals surface area contributed by atoms with Crippen LogP contribution in [-0.4, -0.2) is 32.1 Å². The molecular weight excluding hydrogens is 267 g/mol. The summed E-state index contributed by atoms with van der Waals surface area (Å²) < 4.78 is 11.3. The first-order valence-corrected chi connectivity index (χ1v) is 7.32. The molecule has 21 heavy (non-hydrogen) atoms. The zero-order valence-electron chi connectivity index (χ0n) is 11.9. The van der Waals surface area contributed by atoms with Gasteiger partial charge in [0.15, 0.2) is 12.1 Å².